The summed E-state index contributed by atoms with van der Waals surface area (Å²) in [6.45, 7) is 5.03. The summed E-state index contributed by atoms with van der Waals surface area (Å²) in [6, 6.07) is 5.48. The second-order valence-corrected chi connectivity index (χ2v) is 15.1. The average molecular weight is 750 g/mol. The molecule has 12 heteroatoms. The number of carboxylic acid groups (broad SMARTS) is 1. The van der Waals surface area contributed by atoms with Crippen molar-refractivity contribution in [2.75, 3.05) is 6.61 Å². The molecule has 232 valence electrons. The zero-order valence-corrected chi connectivity index (χ0v) is 27.4. The van der Waals surface area contributed by atoms with Crippen molar-refractivity contribution in [1.29, 1.82) is 0 Å². The van der Waals surface area contributed by atoms with Gasteiger partial charge in [0.1, 0.15) is 0 Å². The number of halogens is 5. The molecule has 0 bridgehead atoms. The molecule has 3 N–H and O–H groups in total. The number of benzene rings is 1. The number of hydrogen-bond donors (Lipinski definition) is 1. The Bertz CT molecular complexity index is 1490. The second kappa shape index (κ2) is 14.5. The first kappa shape index (κ1) is 33.3. The number of ether oxygens (including phenoxy) is 1. The summed E-state index contributed by atoms with van der Waals surface area (Å²) in [4.78, 5) is 17.5. The molecule has 5 nitrogen and oxygen atoms in total. The van der Waals surface area contributed by atoms with Crippen LogP contribution in [0.2, 0.25) is 0 Å². The van der Waals surface area contributed by atoms with Gasteiger partial charge in [-0.15, -0.1) is 0 Å². The van der Waals surface area contributed by atoms with E-state index in [2.05, 4.69) is 0 Å². The van der Waals surface area contributed by atoms with Crippen molar-refractivity contribution in [3.05, 3.63) is 94.8 Å². The van der Waals surface area contributed by atoms with Gasteiger partial charge in [-0.3, -0.25) is 0 Å². The van der Waals surface area contributed by atoms with Crippen molar-refractivity contribution < 1.29 is 58.5 Å². The van der Waals surface area contributed by atoms with Crippen LogP contribution >= 0.6 is 23.1 Å². The van der Waals surface area contributed by atoms with E-state index in [-0.39, 0.29) is 17.1 Å². The summed E-state index contributed by atoms with van der Waals surface area (Å²) in [5.74, 6) is -0.812. The third-order valence-corrected chi connectivity index (χ3v) is 12.1. The van der Waals surface area contributed by atoms with E-state index in [1.54, 1.807) is 43.0 Å². The van der Waals surface area contributed by atoms with Crippen LogP contribution in [0.1, 0.15) is 52.1 Å². The number of aryl methyl sites for hydroxylation is 2. The number of carbonyl (C=O) groups is 1. The van der Waals surface area contributed by atoms with Gasteiger partial charge in [-0.1, -0.05) is 0 Å². The van der Waals surface area contributed by atoms with Crippen LogP contribution in [-0.4, -0.2) is 40.1 Å². The first-order chi connectivity index (χ1) is 20.3. The predicted octanol–water partition coefficient (Wildman–Crippen LogP) is 5.06. The zero-order valence-electron chi connectivity index (χ0n) is 23.6. The fraction of sp³-hybridized carbons (Fsp3) is 0.355. The maximum atomic E-state index is 13.5. The summed E-state index contributed by atoms with van der Waals surface area (Å²) >= 11 is 2.41. The van der Waals surface area contributed by atoms with Crippen LogP contribution in [-0.2, 0) is 4.79 Å². The Hall–Kier alpha value is -2.58. The molecule has 4 rings (SSSR count). The molecular weight excluding hydrogens is 717 g/mol. The molecule has 1 aromatic heterocycles. The average Bonchev–Trinajstić information content (AvgIpc) is 3.32. The van der Waals surface area contributed by atoms with Gasteiger partial charge < -0.3 is 5.11 Å². The molecule has 0 aliphatic heterocycles. The van der Waals surface area contributed by atoms with E-state index in [9.17, 15) is 22.4 Å². The van der Waals surface area contributed by atoms with Gasteiger partial charge in [0.2, 0.25) is 0 Å². The van der Waals surface area contributed by atoms with E-state index in [0.717, 1.165) is 35.7 Å². The molecule has 0 radical (unpaired) electrons. The van der Waals surface area contributed by atoms with Crippen LogP contribution in [0.3, 0.4) is 0 Å². The maximum absolute atomic E-state index is 13.5. The normalized spacial score (nSPS) is 21.5. The van der Waals surface area contributed by atoms with E-state index in [4.69, 9.17) is 19.9 Å². The van der Waals surface area contributed by atoms with Crippen molar-refractivity contribution in [3.63, 3.8) is 0 Å². The summed E-state index contributed by atoms with van der Waals surface area (Å²) in [6.07, 6.45) is 4.58. The molecule has 2 aliphatic rings. The van der Waals surface area contributed by atoms with Gasteiger partial charge >= 0.3 is 245 Å². The fourth-order valence-electron chi connectivity index (χ4n) is 4.56. The van der Waals surface area contributed by atoms with Gasteiger partial charge in [-0.05, 0) is 0 Å². The monoisotopic (exact) mass is 749 g/mol. The molecule has 0 saturated heterocycles. The van der Waals surface area contributed by atoms with E-state index >= 15 is 0 Å². The number of alkyl halides is 4. The van der Waals surface area contributed by atoms with Gasteiger partial charge in [0.05, 0.1) is 0 Å². The van der Waals surface area contributed by atoms with Crippen LogP contribution in [0, 0.1) is 19.8 Å². The van der Waals surface area contributed by atoms with Gasteiger partial charge in [-0.25, -0.2) is 4.79 Å². The Morgan fingerprint density at radius 2 is 2.07 bits per heavy atom. The number of aromatic nitrogens is 1. The fourth-order valence-corrected chi connectivity index (χ4v) is 9.27. The molecule has 4 unspecified atom stereocenters. The summed E-state index contributed by atoms with van der Waals surface area (Å²) < 4.78 is 61.6. The van der Waals surface area contributed by atoms with Crippen LogP contribution < -0.4 is 25.9 Å². The quantitative estimate of drug-likeness (QED) is 0.114. The molecule has 2 aliphatic carbocycles. The Morgan fingerprint density at radius 3 is 2.70 bits per heavy atom. The van der Waals surface area contributed by atoms with Gasteiger partial charge in [0, 0.05) is 0 Å². The second-order valence-electron chi connectivity index (χ2n) is 10.2. The molecule has 0 amide bonds. The number of carboxylic acids is 1. The number of thioether (sulfide) groups is 1. The summed E-state index contributed by atoms with van der Waals surface area (Å²) in [5, 5.41) is 18.2. The number of rotatable bonds is 11. The van der Waals surface area contributed by atoms with E-state index in [1.165, 1.54) is 17.4 Å². The van der Waals surface area contributed by atoms with Crippen LogP contribution in [0.4, 0.5) is 17.6 Å². The van der Waals surface area contributed by atoms with Gasteiger partial charge in [-0.2, -0.15) is 13.2 Å². The number of nitrogens with zero attached hydrogens (tertiary/aromatic N) is 1. The molecule has 2 aromatic rings. The minimum atomic E-state index is -4.40. The van der Waals surface area contributed by atoms with E-state index in [1.807, 2.05) is 36.1 Å². The number of allylic oxidation sites excluding steroid dienone is 9. The number of hydrogen-bond acceptors (Lipinski definition) is 5. The van der Waals surface area contributed by atoms with Crippen LogP contribution in [0.25, 0.3) is 0 Å². The van der Waals surface area contributed by atoms with Crippen LogP contribution in [0.15, 0.2) is 78.5 Å². The molecule has 4 atom stereocenters. The minimum Gasteiger partial charge on any atom is -0.479 e. The van der Waals surface area contributed by atoms with E-state index < -0.39 is 51.7 Å². The summed E-state index contributed by atoms with van der Waals surface area (Å²) in [5.41, 5.74) is 0.896. The molecule has 43 heavy (non-hydrogen) atoms. The van der Waals surface area contributed by atoms with Crippen LogP contribution in [0.5, 0.6) is 5.75 Å². The molecule has 0 spiro atoms. The van der Waals surface area contributed by atoms with Crippen molar-refractivity contribution in [3.8, 4) is 5.75 Å². The Kier molecular flexibility index (Phi) is 11.2. The summed E-state index contributed by atoms with van der Waals surface area (Å²) in [7, 11) is 0. The van der Waals surface area contributed by atoms with Gasteiger partial charge in [0.15, 0.2) is 0 Å². The topological polar surface area (TPSA) is 82.3 Å². The molecule has 0 saturated carbocycles. The Balaban J connectivity index is 1.59. The van der Waals surface area contributed by atoms with Gasteiger partial charge in [0.25, 0.3) is 0 Å². The van der Waals surface area contributed by atoms with E-state index in [0.29, 0.717) is 24.4 Å². The smallest absolute Gasteiger partial charge is 0.479 e. The minimum absolute atomic E-state index is 0.195. The zero-order chi connectivity index (χ0) is 31.3. The Morgan fingerprint density at radius 1 is 1.30 bits per heavy atom. The first-order valence-electron chi connectivity index (χ1n) is 13.4. The van der Waals surface area contributed by atoms with Crippen molar-refractivity contribution in [1.82, 2.24) is 4.98 Å². The Labute approximate surface area is 266 Å². The third kappa shape index (κ3) is 9.21. The molecule has 0 fully saturated rings. The number of aliphatic carboxylic acids is 1. The molecular formula is C31H32F4INO4S2. The SMILES string of the molecule is Cc1cc(SC(C/C([OH2+])=C/[I-]C2=CCC(F)C=C2)c2sc(C3C=CC(C(F)(F)F)=CC3C)nc2C)ccc1OCC(=O)O. The van der Waals surface area contributed by atoms with Crippen molar-refractivity contribution >= 4 is 29.1 Å². The first-order valence-corrected chi connectivity index (χ1v) is 17.4. The third-order valence-electron chi connectivity index (χ3n) is 6.74. The standard InChI is InChI=1S/C31H31F4INO4S2/c1-17-12-20(31(33,34)35)4-10-25(17)30-37-19(3)29(43-30)27(14-23(38)15-36-22-7-5-21(32)6-8-22)42-24-9-11-26(18(2)13-24)41-16-28(39)40/h4-5,7-13,15,17,21,25,27,38H,6,14,16H2,1-3H3,(H,39,40)/q-1/p+1/b23-15-. The van der Waals surface area contributed by atoms with Crippen molar-refractivity contribution in [2.24, 2.45) is 5.92 Å². The predicted molar refractivity (Wildman–Crippen MR) is 158 cm³/mol. The molecule has 1 heterocycles. The van der Waals surface area contributed by atoms with Crippen molar-refractivity contribution in [2.45, 2.75) is 62.0 Å². The number of thiazole rings is 1. The molecule has 1 aromatic carbocycles.